The molecule has 1 aromatic rings. The predicted molar refractivity (Wildman–Crippen MR) is 87.9 cm³/mol. The molecule has 0 saturated carbocycles. The van der Waals surface area contributed by atoms with Gasteiger partial charge in [-0.3, -0.25) is 4.79 Å². The minimum absolute atomic E-state index is 0. The van der Waals surface area contributed by atoms with Crippen molar-refractivity contribution in [1.29, 1.82) is 0 Å². The van der Waals surface area contributed by atoms with E-state index < -0.39 is 0 Å². The Balaban J connectivity index is 0.00000161. The highest BCUT2D eigenvalue weighted by atomic mass is 35.5. The molecule has 1 aliphatic heterocycles. The number of hydrogen-bond donors (Lipinski definition) is 2. The summed E-state index contributed by atoms with van der Waals surface area (Å²) in [5, 5.41) is 6.53. The van der Waals surface area contributed by atoms with Crippen molar-refractivity contribution in [3.05, 3.63) is 35.4 Å². The number of carbonyl (C=O) groups excluding carboxylic acids is 1. The molecule has 21 heavy (non-hydrogen) atoms. The number of carbonyl (C=O) groups is 1. The van der Waals surface area contributed by atoms with Gasteiger partial charge in [0.15, 0.2) is 0 Å². The topological polar surface area (TPSA) is 41.1 Å². The molecular weight excluding hydrogens is 284 g/mol. The van der Waals surface area contributed by atoms with Crippen LogP contribution in [0.25, 0.3) is 0 Å². The summed E-state index contributed by atoms with van der Waals surface area (Å²) in [7, 11) is 0. The van der Waals surface area contributed by atoms with Crippen LogP contribution in [0.3, 0.4) is 0 Å². The smallest absolute Gasteiger partial charge is 0.237 e. The van der Waals surface area contributed by atoms with Gasteiger partial charge in [0.05, 0.1) is 12.1 Å². The third kappa shape index (κ3) is 3.24. The van der Waals surface area contributed by atoms with E-state index in [1.54, 1.807) is 0 Å². The van der Waals surface area contributed by atoms with Crippen LogP contribution in [0.4, 0.5) is 0 Å². The summed E-state index contributed by atoms with van der Waals surface area (Å²) in [4.78, 5) is 12.3. The van der Waals surface area contributed by atoms with Gasteiger partial charge in [0.1, 0.15) is 0 Å². The first-order chi connectivity index (χ1) is 9.58. The molecule has 4 heteroatoms. The molecule has 116 valence electrons. The van der Waals surface area contributed by atoms with Gasteiger partial charge in [-0.05, 0) is 48.8 Å². The molecule has 3 rings (SSSR count). The Kier molecular flexibility index (Phi) is 4.95. The SMILES string of the molecule is CC1(C)CCC(NC(=O)C2CCCN2)c2ccccc21.Cl. The number of amides is 1. The molecule has 3 nitrogen and oxygen atoms in total. The minimum Gasteiger partial charge on any atom is -0.348 e. The van der Waals surface area contributed by atoms with Gasteiger partial charge in [0.2, 0.25) is 5.91 Å². The van der Waals surface area contributed by atoms with Crippen LogP contribution in [0.2, 0.25) is 0 Å². The number of benzene rings is 1. The van der Waals surface area contributed by atoms with Crippen LogP contribution >= 0.6 is 12.4 Å². The van der Waals surface area contributed by atoms with Crippen LogP contribution in [0.5, 0.6) is 0 Å². The van der Waals surface area contributed by atoms with E-state index in [4.69, 9.17) is 0 Å². The van der Waals surface area contributed by atoms with Crippen LogP contribution in [-0.2, 0) is 10.2 Å². The molecule has 2 unspecified atom stereocenters. The Bertz CT molecular complexity index is 509. The van der Waals surface area contributed by atoms with E-state index in [1.165, 1.54) is 11.1 Å². The van der Waals surface area contributed by atoms with Crippen molar-refractivity contribution >= 4 is 18.3 Å². The van der Waals surface area contributed by atoms with E-state index in [0.717, 1.165) is 32.2 Å². The third-order valence-corrected chi connectivity index (χ3v) is 4.82. The highest BCUT2D eigenvalue weighted by molar-refractivity contribution is 5.85. The van der Waals surface area contributed by atoms with Crippen LogP contribution < -0.4 is 10.6 Å². The molecule has 0 radical (unpaired) electrons. The van der Waals surface area contributed by atoms with Gasteiger partial charge in [-0.25, -0.2) is 0 Å². The lowest BCUT2D eigenvalue weighted by Crippen LogP contribution is -2.44. The first kappa shape index (κ1) is 16.3. The lowest BCUT2D eigenvalue weighted by Gasteiger charge is -2.37. The van der Waals surface area contributed by atoms with Gasteiger partial charge in [-0.2, -0.15) is 0 Å². The van der Waals surface area contributed by atoms with Crippen molar-refractivity contribution in [3.8, 4) is 0 Å². The maximum Gasteiger partial charge on any atom is 0.237 e. The van der Waals surface area contributed by atoms with E-state index in [1.807, 2.05) is 0 Å². The Labute approximate surface area is 133 Å². The molecule has 2 aliphatic rings. The molecule has 1 aliphatic carbocycles. The standard InChI is InChI=1S/C17H24N2O.ClH/c1-17(2)10-9-14(12-6-3-4-7-13(12)17)19-16(20)15-8-5-11-18-15;/h3-4,6-7,14-15,18H,5,8-11H2,1-2H3,(H,19,20);1H. The lowest BCUT2D eigenvalue weighted by atomic mass is 9.71. The van der Waals surface area contributed by atoms with Gasteiger partial charge in [-0.15, -0.1) is 12.4 Å². The molecule has 1 amide bonds. The number of halogens is 1. The van der Waals surface area contributed by atoms with E-state index in [9.17, 15) is 4.79 Å². The molecule has 2 N–H and O–H groups in total. The first-order valence-corrected chi connectivity index (χ1v) is 7.71. The molecule has 1 heterocycles. The van der Waals surface area contributed by atoms with Crippen molar-refractivity contribution in [3.63, 3.8) is 0 Å². The summed E-state index contributed by atoms with van der Waals surface area (Å²) in [5.74, 6) is 0.169. The predicted octanol–water partition coefficient (Wildman–Crippen LogP) is 3.09. The summed E-state index contributed by atoms with van der Waals surface area (Å²) < 4.78 is 0. The van der Waals surface area contributed by atoms with Gasteiger partial charge in [0.25, 0.3) is 0 Å². The fourth-order valence-corrected chi connectivity index (χ4v) is 3.54. The van der Waals surface area contributed by atoms with E-state index >= 15 is 0 Å². The molecule has 1 fully saturated rings. The summed E-state index contributed by atoms with van der Waals surface area (Å²) in [6.07, 6.45) is 4.22. The molecule has 1 saturated heterocycles. The molecule has 1 aromatic carbocycles. The summed E-state index contributed by atoms with van der Waals surface area (Å²) >= 11 is 0. The van der Waals surface area contributed by atoms with Crippen LogP contribution in [0, 0.1) is 0 Å². The largest absolute Gasteiger partial charge is 0.348 e. The zero-order chi connectivity index (χ0) is 14.2. The quantitative estimate of drug-likeness (QED) is 0.881. The zero-order valence-electron chi connectivity index (χ0n) is 12.8. The Morgan fingerprint density at radius 2 is 2.05 bits per heavy atom. The van der Waals surface area contributed by atoms with Crippen molar-refractivity contribution in [2.75, 3.05) is 6.54 Å². The second-order valence-corrected chi connectivity index (χ2v) is 6.72. The molecule has 0 spiro atoms. The molecule has 0 bridgehead atoms. The highest BCUT2D eigenvalue weighted by Crippen LogP contribution is 2.41. The lowest BCUT2D eigenvalue weighted by molar-refractivity contribution is -0.123. The monoisotopic (exact) mass is 308 g/mol. The number of hydrogen-bond acceptors (Lipinski definition) is 2. The average Bonchev–Trinajstić information content (AvgIpc) is 2.96. The first-order valence-electron chi connectivity index (χ1n) is 7.71. The second kappa shape index (κ2) is 6.37. The summed E-state index contributed by atoms with van der Waals surface area (Å²) in [6, 6.07) is 8.74. The van der Waals surface area contributed by atoms with Crippen molar-refractivity contribution in [2.45, 2.75) is 57.0 Å². The van der Waals surface area contributed by atoms with Crippen molar-refractivity contribution in [1.82, 2.24) is 10.6 Å². The normalized spacial score (nSPS) is 26.6. The van der Waals surface area contributed by atoms with Crippen LogP contribution in [0.1, 0.15) is 56.7 Å². The van der Waals surface area contributed by atoms with Crippen LogP contribution in [-0.4, -0.2) is 18.5 Å². The van der Waals surface area contributed by atoms with Crippen LogP contribution in [0.15, 0.2) is 24.3 Å². The van der Waals surface area contributed by atoms with E-state index in [0.29, 0.717) is 0 Å². The fourth-order valence-electron chi connectivity index (χ4n) is 3.54. The maximum atomic E-state index is 12.3. The average molecular weight is 309 g/mol. The van der Waals surface area contributed by atoms with E-state index in [-0.39, 0.29) is 35.8 Å². The fraction of sp³-hybridized carbons (Fsp3) is 0.588. The third-order valence-electron chi connectivity index (χ3n) is 4.82. The Morgan fingerprint density at radius 1 is 1.29 bits per heavy atom. The van der Waals surface area contributed by atoms with Crippen molar-refractivity contribution in [2.24, 2.45) is 0 Å². The second-order valence-electron chi connectivity index (χ2n) is 6.72. The minimum atomic E-state index is 0. The summed E-state index contributed by atoms with van der Waals surface area (Å²) in [6.45, 7) is 5.55. The zero-order valence-corrected chi connectivity index (χ0v) is 13.6. The highest BCUT2D eigenvalue weighted by Gasteiger charge is 2.34. The number of nitrogens with one attached hydrogen (secondary N) is 2. The van der Waals surface area contributed by atoms with E-state index in [2.05, 4.69) is 48.7 Å². The maximum absolute atomic E-state index is 12.3. The number of fused-ring (bicyclic) bond motifs is 1. The van der Waals surface area contributed by atoms with Gasteiger partial charge in [-0.1, -0.05) is 38.1 Å². The van der Waals surface area contributed by atoms with Crippen molar-refractivity contribution < 1.29 is 4.79 Å². The summed E-state index contributed by atoms with van der Waals surface area (Å²) in [5.41, 5.74) is 2.90. The molecule has 2 atom stereocenters. The van der Waals surface area contributed by atoms with Gasteiger partial charge in [0, 0.05) is 0 Å². The Morgan fingerprint density at radius 3 is 2.76 bits per heavy atom. The molecule has 0 aromatic heterocycles. The van der Waals surface area contributed by atoms with Gasteiger partial charge >= 0.3 is 0 Å². The van der Waals surface area contributed by atoms with Gasteiger partial charge < -0.3 is 10.6 Å². The number of rotatable bonds is 2. The molecular formula is C17H25ClN2O. The Hall–Kier alpha value is -1.06.